The van der Waals surface area contributed by atoms with Gasteiger partial charge in [0.2, 0.25) is 0 Å². The summed E-state index contributed by atoms with van der Waals surface area (Å²) in [6.45, 7) is 0. The summed E-state index contributed by atoms with van der Waals surface area (Å²) in [5, 5.41) is 0. The van der Waals surface area contributed by atoms with Crippen molar-refractivity contribution in [3.05, 3.63) is 105 Å². The van der Waals surface area contributed by atoms with Gasteiger partial charge in [0, 0.05) is 0 Å². The minimum absolute atomic E-state index is 0.260. The first-order valence-corrected chi connectivity index (χ1v) is 10.2. The Hall–Kier alpha value is -3.33. The van der Waals surface area contributed by atoms with Gasteiger partial charge in [0.15, 0.2) is 0 Å². The molecule has 0 unspecified atom stereocenters. The molecule has 0 bridgehead atoms. The Morgan fingerprint density at radius 3 is 1.03 bits per heavy atom. The van der Waals surface area contributed by atoms with E-state index in [2.05, 4.69) is 0 Å². The van der Waals surface area contributed by atoms with Crippen molar-refractivity contribution in [2.75, 3.05) is 0 Å². The van der Waals surface area contributed by atoms with E-state index in [9.17, 15) is 13.2 Å². The monoisotopic (exact) mass is 396 g/mol. The van der Waals surface area contributed by atoms with E-state index < -0.39 is 0 Å². The van der Waals surface area contributed by atoms with Crippen LogP contribution >= 0.6 is 0 Å². The van der Waals surface area contributed by atoms with E-state index in [-0.39, 0.29) is 17.5 Å². The number of hydrogen-bond acceptors (Lipinski definition) is 0. The SMILES string of the molecule is Fc1ccc2c(c1)-c1c(c3c(c4c1Cc1ccc(F)cc1-4)Cc1ccc(F)cc1-3)C2. The molecule has 0 radical (unpaired) electrons. The third kappa shape index (κ3) is 1.97. The average Bonchev–Trinajstić information content (AvgIpc) is 3.38. The summed E-state index contributed by atoms with van der Waals surface area (Å²) in [5.74, 6) is -0.781. The maximum Gasteiger partial charge on any atom is 0.123 e. The number of rotatable bonds is 0. The van der Waals surface area contributed by atoms with E-state index >= 15 is 0 Å². The zero-order valence-electron chi connectivity index (χ0n) is 16.0. The molecule has 3 aliphatic rings. The van der Waals surface area contributed by atoms with Gasteiger partial charge >= 0.3 is 0 Å². The van der Waals surface area contributed by atoms with Crippen molar-refractivity contribution < 1.29 is 13.2 Å². The molecule has 0 saturated carbocycles. The Bertz CT molecular complexity index is 1250. The molecular weight excluding hydrogens is 381 g/mol. The van der Waals surface area contributed by atoms with Crippen LogP contribution in [0.15, 0.2) is 54.6 Å². The minimum Gasteiger partial charge on any atom is -0.207 e. The summed E-state index contributed by atoms with van der Waals surface area (Å²) in [6.07, 6.45) is 2.13. The lowest BCUT2D eigenvalue weighted by Crippen LogP contribution is -1.97. The van der Waals surface area contributed by atoms with E-state index in [1.54, 1.807) is 18.2 Å². The largest absolute Gasteiger partial charge is 0.207 e. The zero-order chi connectivity index (χ0) is 20.1. The van der Waals surface area contributed by atoms with E-state index in [1.165, 1.54) is 18.2 Å². The minimum atomic E-state index is -0.260. The lowest BCUT2D eigenvalue weighted by molar-refractivity contribution is 0.627. The molecule has 0 aromatic heterocycles. The molecule has 0 heterocycles. The van der Waals surface area contributed by atoms with Gasteiger partial charge in [-0.25, -0.2) is 13.2 Å². The van der Waals surface area contributed by atoms with Gasteiger partial charge in [-0.15, -0.1) is 0 Å². The maximum absolute atomic E-state index is 14.2. The molecule has 144 valence electrons. The van der Waals surface area contributed by atoms with Crippen molar-refractivity contribution in [3.63, 3.8) is 0 Å². The first kappa shape index (κ1) is 16.5. The first-order chi connectivity index (χ1) is 14.6. The molecule has 0 amide bonds. The predicted molar refractivity (Wildman–Crippen MR) is 111 cm³/mol. The smallest absolute Gasteiger partial charge is 0.123 e. The van der Waals surface area contributed by atoms with Crippen LogP contribution in [0, 0.1) is 17.5 Å². The second kappa shape index (κ2) is 5.42. The fraction of sp³-hybridized carbons (Fsp3) is 0.111. The Labute approximate surface area is 171 Å². The molecule has 4 aromatic rings. The van der Waals surface area contributed by atoms with Crippen LogP contribution in [-0.2, 0) is 19.3 Å². The van der Waals surface area contributed by atoms with Crippen LogP contribution in [0.25, 0.3) is 33.4 Å². The molecule has 7 rings (SSSR count). The second-order valence-electron chi connectivity index (χ2n) is 8.50. The topological polar surface area (TPSA) is 0 Å². The third-order valence-electron chi connectivity index (χ3n) is 6.94. The van der Waals surface area contributed by atoms with Crippen LogP contribution in [0.4, 0.5) is 13.2 Å². The normalized spacial score (nSPS) is 14.1. The van der Waals surface area contributed by atoms with Crippen LogP contribution in [0.5, 0.6) is 0 Å². The molecule has 0 fully saturated rings. The predicted octanol–water partition coefficient (Wildman–Crippen LogP) is 6.82. The lowest BCUT2D eigenvalue weighted by atomic mass is 9.86. The highest BCUT2D eigenvalue weighted by atomic mass is 19.1. The molecule has 30 heavy (non-hydrogen) atoms. The summed E-state index contributed by atoms with van der Waals surface area (Å²) < 4.78 is 42.6. The van der Waals surface area contributed by atoms with Gasteiger partial charge in [-0.2, -0.15) is 0 Å². The van der Waals surface area contributed by atoms with Crippen molar-refractivity contribution in [1.82, 2.24) is 0 Å². The summed E-state index contributed by atoms with van der Waals surface area (Å²) in [7, 11) is 0. The molecule has 0 saturated heterocycles. The Balaban J connectivity index is 1.64. The number of benzene rings is 4. The van der Waals surface area contributed by atoms with Crippen LogP contribution < -0.4 is 0 Å². The first-order valence-electron chi connectivity index (χ1n) is 10.2. The molecule has 0 N–H and O–H groups in total. The molecule has 0 aliphatic heterocycles. The van der Waals surface area contributed by atoms with Gasteiger partial charge in [-0.1, -0.05) is 18.2 Å². The number of hydrogen-bond donors (Lipinski definition) is 0. The number of fused-ring (bicyclic) bond motifs is 12. The van der Waals surface area contributed by atoms with Crippen LogP contribution in [0.2, 0.25) is 0 Å². The van der Waals surface area contributed by atoms with Crippen molar-refractivity contribution in [1.29, 1.82) is 0 Å². The van der Waals surface area contributed by atoms with Crippen molar-refractivity contribution in [2.24, 2.45) is 0 Å². The zero-order valence-corrected chi connectivity index (χ0v) is 16.0. The highest BCUT2D eigenvalue weighted by Crippen LogP contribution is 2.56. The Kier molecular flexibility index (Phi) is 2.98. The van der Waals surface area contributed by atoms with E-state index in [1.807, 2.05) is 18.2 Å². The molecule has 0 spiro atoms. The quantitative estimate of drug-likeness (QED) is 0.264. The van der Waals surface area contributed by atoms with Gasteiger partial charge in [0.25, 0.3) is 0 Å². The molecule has 3 heteroatoms. The number of halogens is 3. The van der Waals surface area contributed by atoms with Crippen LogP contribution in [0.1, 0.15) is 33.4 Å². The van der Waals surface area contributed by atoms with E-state index in [4.69, 9.17) is 0 Å². The van der Waals surface area contributed by atoms with Gasteiger partial charge in [0.05, 0.1) is 0 Å². The van der Waals surface area contributed by atoms with Crippen molar-refractivity contribution >= 4 is 0 Å². The fourth-order valence-electron chi connectivity index (χ4n) is 5.81. The fourth-order valence-corrected chi connectivity index (χ4v) is 5.81. The molecule has 0 nitrogen and oxygen atoms in total. The average molecular weight is 396 g/mol. The van der Waals surface area contributed by atoms with Crippen LogP contribution in [-0.4, -0.2) is 0 Å². The third-order valence-corrected chi connectivity index (χ3v) is 6.94. The van der Waals surface area contributed by atoms with Gasteiger partial charge in [0.1, 0.15) is 17.5 Å². The van der Waals surface area contributed by atoms with Gasteiger partial charge in [-0.3, -0.25) is 0 Å². The standard InChI is InChI=1S/C27H15F3/c28-16-4-1-13-7-22-25(19(13)10-16)23-8-14-2-5-18(30)12-21(14)27(23)24-9-15-3-6-17(29)11-20(15)26(22)24/h1-6,10-12H,7-9H2. The Morgan fingerprint density at radius 1 is 0.433 bits per heavy atom. The summed E-state index contributed by atoms with van der Waals surface area (Å²) in [5.41, 5.74) is 12.7. The van der Waals surface area contributed by atoms with E-state index in [0.717, 1.165) is 66.8 Å². The Morgan fingerprint density at radius 2 is 0.733 bits per heavy atom. The lowest BCUT2D eigenvalue weighted by Gasteiger charge is -2.17. The maximum atomic E-state index is 14.2. The summed E-state index contributed by atoms with van der Waals surface area (Å²) in [4.78, 5) is 0. The van der Waals surface area contributed by atoms with Crippen LogP contribution in [0.3, 0.4) is 0 Å². The van der Waals surface area contributed by atoms with E-state index in [0.29, 0.717) is 19.3 Å². The van der Waals surface area contributed by atoms with Crippen molar-refractivity contribution in [3.8, 4) is 33.4 Å². The second-order valence-corrected chi connectivity index (χ2v) is 8.50. The molecule has 3 aliphatic carbocycles. The summed E-state index contributed by atoms with van der Waals surface area (Å²) >= 11 is 0. The van der Waals surface area contributed by atoms with Gasteiger partial charge < -0.3 is 0 Å². The molecule has 4 aromatic carbocycles. The molecule has 0 atom stereocenters. The van der Waals surface area contributed by atoms with Crippen molar-refractivity contribution in [2.45, 2.75) is 19.3 Å². The highest BCUT2D eigenvalue weighted by Gasteiger charge is 2.37. The molecular formula is C27H15F3. The highest BCUT2D eigenvalue weighted by molar-refractivity contribution is 6.00. The summed E-state index contributed by atoms with van der Waals surface area (Å²) in [6, 6.07) is 14.9. The van der Waals surface area contributed by atoms with Gasteiger partial charge in [-0.05, 0) is 122 Å².